The second-order valence-electron chi connectivity index (χ2n) is 4.51. The summed E-state index contributed by atoms with van der Waals surface area (Å²) >= 11 is 0. The fourth-order valence-corrected chi connectivity index (χ4v) is 1.59. The van der Waals surface area contributed by atoms with Crippen LogP contribution in [0.2, 0.25) is 0 Å². The van der Waals surface area contributed by atoms with Gasteiger partial charge in [-0.05, 0) is 31.4 Å². The van der Waals surface area contributed by atoms with E-state index in [1.54, 1.807) is 13.0 Å². The third kappa shape index (κ3) is 4.52. The van der Waals surface area contributed by atoms with E-state index in [2.05, 4.69) is 15.0 Å². The van der Waals surface area contributed by atoms with Crippen molar-refractivity contribution in [1.29, 1.82) is 0 Å². The minimum absolute atomic E-state index is 0.0277. The Morgan fingerprint density at radius 3 is 2.72 bits per heavy atom. The number of hydrogen-bond acceptors (Lipinski definition) is 3. The van der Waals surface area contributed by atoms with E-state index in [4.69, 9.17) is 0 Å². The first-order valence-corrected chi connectivity index (χ1v) is 5.83. The molecule has 0 amide bonds. The van der Waals surface area contributed by atoms with Gasteiger partial charge in [0.05, 0.1) is 0 Å². The average molecular weight is 260 g/mol. The highest BCUT2D eigenvalue weighted by molar-refractivity contribution is 5.24. The fraction of sp³-hybridized carbons (Fsp3) is 0.583. The summed E-state index contributed by atoms with van der Waals surface area (Å²) in [6, 6.07) is 3.95. The van der Waals surface area contributed by atoms with Gasteiger partial charge in [-0.1, -0.05) is 0 Å². The smallest absolute Gasteiger partial charge is 0.422 e. The van der Waals surface area contributed by atoms with Crippen LogP contribution in [0.4, 0.5) is 13.2 Å². The number of alkyl halides is 3. The summed E-state index contributed by atoms with van der Waals surface area (Å²) in [6.45, 7) is 1.07. The van der Waals surface area contributed by atoms with Gasteiger partial charge in [0.2, 0.25) is 5.88 Å². The van der Waals surface area contributed by atoms with E-state index in [0.29, 0.717) is 18.3 Å². The summed E-state index contributed by atoms with van der Waals surface area (Å²) in [4.78, 5) is 3.93. The molecule has 18 heavy (non-hydrogen) atoms. The molecule has 0 unspecified atom stereocenters. The number of halogens is 3. The van der Waals surface area contributed by atoms with E-state index in [-0.39, 0.29) is 5.88 Å². The monoisotopic (exact) mass is 260 g/mol. The molecule has 100 valence electrons. The van der Waals surface area contributed by atoms with Gasteiger partial charge in [0, 0.05) is 24.3 Å². The molecule has 2 rings (SSSR count). The van der Waals surface area contributed by atoms with Gasteiger partial charge in [-0.15, -0.1) is 0 Å². The Morgan fingerprint density at radius 2 is 2.11 bits per heavy atom. The van der Waals surface area contributed by atoms with Gasteiger partial charge in [-0.2, -0.15) is 13.2 Å². The quantitative estimate of drug-likeness (QED) is 0.883. The predicted octanol–water partition coefficient (Wildman–Crippen LogP) is 2.58. The van der Waals surface area contributed by atoms with Crippen molar-refractivity contribution in [3.63, 3.8) is 0 Å². The zero-order valence-corrected chi connectivity index (χ0v) is 10.0. The largest absolute Gasteiger partial charge is 0.468 e. The molecular formula is C12H15F3N2O. The van der Waals surface area contributed by atoms with Crippen LogP contribution >= 0.6 is 0 Å². The lowest BCUT2D eigenvalue weighted by Crippen LogP contribution is -2.20. The first kappa shape index (κ1) is 13.1. The predicted molar refractivity (Wildman–Crippen MR) is 60.4 cm³/mol. The molecule has 1 saturated carbocycles. The maximum Gasteiger partial charge on any atom is 0.422 e. The molecule has 6 heteroatoms. The standard InChI is InChI=1S/C12H15F3N2O/c1-8-4-9(6-16-10-2-3-10)5-11(17-8)18-7-12(13,14)15/h4-5,10,16H,2-3,6-7H2,1H3. The Kier molecular flexibility index (Phi) is 3.75. The second kappa shape index (κ2) is 5.14. The Labute approximate surface area is 103 Å². The molecule has 0 bridgehead atoms. The molecule has 1 aromatic heterocycles. The van der Waals surface area contributed by atoms with Crippen LogP contribution in [0.25, 0.3) is 0 Å². The molecule has 1 aliphatic rings. The molecule has 0 atom stereocenters. The Morgan fingerprint density at radius 1 is 1.39 bits per heavy atom. The van der Waals surface area contributed by atoms with Crippen LogP contribution in [0.15, 0.2) is 12.1 Å². The molecule has 1 N–H and O–H groups in total. The SMILES string of the molecule is Cc1cc(CNC2CC2)cc(OCC(F)(F)F)n1. The summed E-state index contributed by atoms with van der Waals surface area (Å²) in [6.07, 6.45) is -2.00. The van der Waals surface area contributed by atoms with Crippen LogP contribution in [0.3, 0.4) is 0 Å². The van der Waals surface area contributed by atoms with E-state index in [0.717, 1.165) is 5.56 Å². The molecular weight excluding hydrogens is 245 g/mol. The van der Waals surface area contributed by atoms with Gasteiger partial charge < -0.3 is 10.1 Å². The van der Waals surface area contributed by atoms with E-state index >= 15 is 0 Å². The average Bonchev–Trinajstić information content (AvgIpc) is 3.06. The first-order chi connectivity index (χ1) is 8.42. The van der Waals surface area contributed by atoms with E-state index in [9.17, 15) is 13.2 Å². The molecule has 1 fully saturated rings. The number of nitrogens with one attached hydrogen (secondary N) is 1. The van der Waals surface area contributed by atoms with Crippen molar-refractivity contribution >= 4 is 0 Å². The molecule has 0 aliphatic heterocycles. The Balaban J connectivity index is 1.96. The maximum absolute atomic E-state index is 12.0. The fourth-order valence-electron chi connectivity index (χ4n) is 1.59. The molecule has 3 nitrogen and oxygen atoms in total. The third-order valence-corrected chi connectivity index (χ3v) is 2.55. The zero-order chi connectivity index (χ0) is 13.2. The van der Waals surface area contributed by atoms with Crippen molar-refractivity contribution in [3.8, 4) is 5.88 Å². The summed E-state index contributed by atoms with van der Waals surface area (Å²) in [5.41, 5.74) is 1.55. The minimum atomic E-state index is -4.34. The zero-order valence-electron chi connectivity index (χ0n) is 10.0. The van der Waals surface area contributed by atoms with Crippen molar-refractivity contribution in [2.45, 2.75) is 38.5 Å². The third-order valence-electron chi connectivity index (χ3n) is 2.55. The summed E-state index contributed by atoms with van der Waals surface area (Å²) in [7, 11) is 0. The number of aryl methyl sites for hydroxylation is 1. The maximum atomic E-state index is 12.0. The van der Waals surface area contributed by atoms with Crippen molar-refractivity contribution in [1.82, 2.24) is 10.3 Å². The van der Waals surface area contributed by atoms with Crippen LogP contribution < -0.4 is 10.1 Å². The molecule has 0 aromatic carbocycles. The van der Waals surface area contributed by atoms with Crippen molar-refractivity contribution in [2.75, 3.05) is 6.61 Å². The number of pyridine rings is 1. The van der Waals surface area contributed by atoms with Gasteiger partial charge in [0.1, 0.15) is 0 Å². The van der Waals surface area contributed by atoms with E-state index in [1.807, 2.05) is 6.07 Å². The number of hydrogen-bond donors (Lipinski definition) is 1. The summed E-state index contributed by atoms with van der Waals surface area (Å²) in [5, 5.41) is 3.29. The van der Waals surface area contributed by atoms with Gasteiger partial charge >= 0.3 is 6.18 Å². The molecule has 1 aliphatic carbocycles. The molecule has 0 spiro atoms. The van der Waals surface area contributed by atoms with Crippen molar-refractivity contribution in [2.24, 2.45) is 0 Å². The van der Waals surface area contributed by atoms with Crippen LogP contribution in [-0.4, -0.2) is 23.8 Å². The van der Waals surface area contributed by atoms with Crippen LogP contribution in [0.5, 0.6) is 5.88 Å². The summed E-state index contributed by atoms with van der Waals surface area (Å²) < 4.78 is 40.8. The summed E-state index contributed by atoms with van der Waals surface area (Å²) in [5.74, 6) is 0.0277. The minimum Gasteiger partial charge on any atom is -0.468 e. The van der Waals surface area contributed by atoms with Crippen molar-refractivity contribution in [3.05, 3.63) is 23.4 Å². The van der Waals surface area contributed by atoms with Gasteiger partial charge in [-0.3, -0.25) is 0 Å². The van der Waals surface area contributed by atoms with E-state index < -0.39 is 12.8 Å². The van der Waals surface area contributed by atoms with Crippen molar-refractivity contribution < 1.29 is 17.9 Å². The number of rotatable bonds is 5. The van der Waals surface area contributed by atoms with Gasteiger partial charge in [0.15, 0.2) is 6.61 Å². The second-order valence-corrected chi connectivity index (χ2v) is 4.51. The molecule has 0 radical (unpaired) electrons. The van der Waals surface area contributed by atoms with Crippen LogP contribution in [0.1, 0.15) is 24.1 Å². The van der Waals surface area contributed by atoms with Gasteiger partial charge in [-0.25, -0.2) is 4.98 Å². The highest BCUT2D eigenvalue weighted by Gasteiger charge is 2.28. The molecule has 0 saturated heterocycles. The normalized spacial score (nSPS) is 15.8. The number of nitrogens with zero attached hydrogens (tertiary/aromatic N) is 1. The van der Waals surface area contributed by atoms with Crippen LogP contribution in [0, 0.1) is 6.92 Å². The number of ether oxygens (including phenoxy) is 1. The Bertz CT molecular complexity index is 416. The van der Waals surface area contributed by atoms with E-state index in [1.165, 1.54) is 12.8 Å². The topological polar surface area (TPSA) is 34.1 Å². The molecule has 1 aromatic rings. The van der Waals surface area contributed by atoms with Gasteiger partial charge in [0.25, 0.3) is 0 Å². The number of aromatic nitrogens is 1. The highest BCUT2D eigenvalue weighted by atomic mass is 19.4. The Hall–Kier alpha value is -1.30. The first-order valence-electron chi connectivity index (χ1n) is 5.83. The highest BCUT2D eigenvalue weighted by Crippen LogP contribution is 2.21. The lowest BCUT2D eigenvalue weighted by Gasteiger charge is -2.11. The lowest BCUT2D eigenvalue weighted by molar-refractivity contribution is -0.154. The molecule has 1 heterocycles. The lowest BCUT2D eigenvalue weighted by atomic mass is 10.2. The van der Waals surface area contributed by atoms with Crippen LogP contribution in [-0.2, 0) is 6.54 Å².